The van der Waals surface area contributed by atoms with Crippen LogP contribution in [0.5, 0.6) is 5.75 Å². The molecule has 1 heterocycles. The molecule has 1 aliphatic heterocycles. The highest BCUT2D eigenvalue weighted by molar-refractivity contribution is 5.78. The number of benzene rings is 1. The van der Waals surface area contributed by atoms with E-state index in [0.717, 1.165) is 5.56 Å². The van der Waals surface area contributed by atoms with E-state index in [0.29, 0.717) is 32.0 Å². The average Bonchev–Trinajstić information content (AvgIpc) is 2.58. The standard InChI is InChI=1S/C17H24N2O5/c1-13-4-3-5-14(8-13)23-11-16(20)18-9-15-10-19(6-7-22-2)17(21)12-24-15/h3-5,8,15H,6-7,9-12H2,1-2H3,(H,18,20). The highest BCUT2D eigenvalue weighted by Gasteiger charge is 2.26. The number of aryl methyl sites for hydroxylation is 1. The summed E-state index contributed by atoms with van der Waals surface area (Å²) in [5.74, 6) is 0.383. The first kappa shape index (κ1) is 18.2. The van der Waals surface area contributed by atoms with E-state index in [1.807, 2.05) is 31.2 Å². The van der Waals surface area contributed by atoms with Gasteiger partial charge in [0.15, 0.2) is 6.61 Å². The van der Waals surface area contributed by atoms with Crippen LogP contribution in [0.25, 0.3) is 0 Å². The van der Waals surface area contributed by atoms with Gasteiger partial charge in [-0.1, -0.05) is 12.1 Å². The van der Waals surface area contributed by atoms with Crippen LogP contribution in [0.2, 0.25) is 0 Å². The number of carbonyl (C=O) groups excluding carboxylic acids is 2. The van der Waals surface area contributed by atoms with E-state index in [4.69, 9.17) is 14.2 Å². The number of nitrogens with zero attached hydrogens (tertiary/aromatic N) is 1. The molecule has 1 atom stereocenters. The third-order valence-corrected chi connectivity index (χ3v) is 3.67. The summed E-state index contributed by atoms with van der Waals surface area (Å²) in [6, 6.07) is 7.52. The summed E-state index contributed by atoms with van der Waals surface area (Å²) in [5, 5.41) is 2.77. The average molecular weight is 336 g/mol. The van der Waals surface area contributed by atoms with Crippen LogP contribution in [0.15, 0.2) is 24.3 Å². The minimum absolute atomic E-state index is 0.0318. The zero-order chi connectivity index (χ0) is 17.4. The fraction of sp³-hybridized carbons (Fsp3) is 0.529. The van der Waals surface area contributed by atoms with Crippen LogP contribution in [0.3, 0.4) is 0 Å². The van der Waals surface area contributed by atoms with Gasteiger partial charge in [0, 0.05) is 26.7 Å². The number of rotatable bonds is 8. The Labute approximate surface area is 141 Å². The topological polar surface area (TPSA) is 77.1 Å². The number of carbonyl (C=O) groups is 2. The number of methoxy groups -OCH3 is 1. The van der Waals surface area contributed by atoms with Crippen molar-refractivity contribution in [2.24, 2.45) is 0 Å². The van der Waals surface area contributed by atoms with E-state index in [1.54, 1.807) is 12.0 Å². The van der Waals surface area contributed by atoms with Gasteiger partial charge in [0.2, 0.25) is 5.91 Å². The molecule has 1 aromatic carbocycles. The van der Waals surface area contributed by atoms with Gasteiger partial charge in [0.1, 0.15) is 12.4 Å². The number of ether oxygens (including phenoxy) is 3. The summed E-state index contributed by atoms with van der Waals surface area (Å²) in [4.78, 5) is 25.3. The highest BCUT2D eigenvalue weighted by atomic mass is 16.5. The smallest absolute Gasteiger partial charge is 0.258 e. The SMILES string of the molecule is COCCN1CC(CNC(=O)COc2cccc(C)c2)OCC1=O. The lowest BCUT2D eigenvalue weighted by Gasteiger charge is -2.32. The Hall–Kier alpha value is -2.12. The summed E-state index contributed by atoms with van der Waals surface area (Å²) < 4.78 is 15.9. The number of amides is 2. The van der Waals surface area contributed by atoms with Gasteiger partial charge >= 0.3 is 0 Å². The second-order valence-electron chi connectivity index (χ2n) is 5.67. The molecule has 1 unspecified atom stereocenters. The summed E-state index contributed by atoms with van der Waals surface area (Å²) in [6.07, 6.45) is -0.220. The zero-order valence-corrected chi connectivity index (χ0v) is 14.1. The molecule has 24 heavy (non-hydrogen) atoms. The molecule has 1 saturated heterocycles. The molecule has 0 radical (unpaired) electrons. The molecule has 132 valence electrons. The van der Waals surface area contributed by atoms with E-state index in [-0.39, 0.29) is 31.1 Å². The molecule has 1 aliphatic rings. The zero-order valence-electron chi connectivity index (χ0n) is 14.1. The Balaban J connectivity index is 1.70. The molecule has 2 rings (SSSR count). The fourth-order valence-corrected chi connectivity index (χ4v) is 2.35. The van der Waals surface area contributed by atoms with Gasteiger partial charge in [-0.2, -0.15) is 0 Å². The first-order valence-corrected chi connectivity index (χ1v) is 7.93. The van der Waals surface area contributed by atoms with Crippen molar-refractivity contribution in [2.75, 3.05) is 46.6 Å². The monoisotopic (exact) mass is 336 g/mol. The van der Waals surface area contributed by atoms with Crippen LogP contribution >= 0.6 is 0 Å². The van der Waals surface area contributed by atoms with E-state index in [2.05, 4.69) is 5.32 Å². The Morgan fingerprint density at radius 2 is 2.29 bits per heavy atom. The third-order valence-electron chi connectivity index (χ3n) is 3.67. The second kappa shape index (κ2) is 9.24. The molecular formula is C17H24N2O5. The van der Waals surface area contributed by atoms with Gasteiger partial charge in [0.25, 0.3) is 5.91 Å². The molecule has 7 nitrogen and oxygen atoms in total. The van der Waals surface area contributed by atoms with Crippen molar-refractivity contribution in [3.63, 3.8) is 0 Å². The van der Waals surface area contributed by atoms with Crippen LogP contribution in [-0.2, 0) is 19.1 Å². The van der Waals surface area contributed by atoms with Crippen molar-refractivity contribution in [3.05, 3.63) is 29.8 Å². The summed E-state index contributed by atoms with van der Waals surface area (Å²) >= 11 is 0. The van der Waals surface area contributed by atoms with Crippen molar-refractivity contribution < 1.29 is 23.8 Å². The lowest BCUT2D eigenvalue weighted by Crippen LogP contribution is -2.51. The van der Waals surface area contributed by atoms with Crippen molar-refractivity contribution in [1.29, 1.82) is 0 Å². The number of nitrogens with one attached hydrogen (secondary N) is 1. The normalized spacial score (nSPS) is 17.7. The molecule has 0 aliphatic carbocycles. The van der Waals surface area contributed by atoms with Gasteiger partial charge in [0.05, 0.1) is 12.7 Å². The molecule has 1 N–H and O–H groups in total. The number of hydrogen-bond donors (Lipinski definition) is 1. The van der Waals surface area contributed by atoms with Crippen molar-refractivity contribution in [2.45, 2.75) is 13.0 Å². The Kier molecular flexibility index (Phi) is 7.02. The predicted octanol–water partition coefficient (Wildman–Crippen LogP) is 0.364. The van der Waals surface area contributed by atoms with Crippen LogP contribution in [0, 0.1) is 6.92 Å². The quantitative estimate of drug-likeness (QED) is 0.742. The van der Waals surface area contributed by atoms with Gasteiger partial charge in [-0.3, -0.25) is 9.59 Å². The van der Waals surface area contributed by atoms with Crippen molar-refractivity contribution >= 4 is 11.8 Å². The van der Waals surface area contributed by atoms with Gasteiger partial charge in [-0.15, -0.1) is 0 Å². The van der Waals surface area contributed by atoms with Crippen LogP contribution in [0.1, 0.15) is 5.56 Å². The maximum atomic E-state index is 11.9. The van der Waals surface area contributed by atoms with Gasteiger partial charge < -0.3 is 24.4 Å². The molecule has 0 saturated carbocycles. The molecule has 7 heteroatoms. The minimum Gasteiger partial charge on any atom is -0.484 e. The Morgan fingerprint density at radius 1 is 1.46 bits per heavy atom. The largest absolute Gasteiger partial charge is 0.484 e. The summed E-state index contributed by atoms with van der Waals surface area (Å²) in [5.41, 5.74) is 1.07. The molecule has 1 aromatic rings. The first-order chi connectivity index (χ1) is 11.6. The molecular weight excluding hydrogens is 312 g/mol. The van der Waals surface area contributed by atoms with Crippen molar-refractivity contribution in [1.82, 2.24) is 10.2 Å². The third kappa shape index (κ3) is 5.82. The van der Waals surface area contributed by atoms with Gasteiger partial charge in [-0.05, 0) is 24.6 Å². The van der Waals surface area contributed by atoms with E-state index >= 15 is 0 Å². The summed E-state index contributed by atoms with van der Waals surface area (Å²) in [7, 11) is 1.59. The Morgan fingerprint density at radius 3 is 3.04 bits per heavy atom. The van der Waals surface area contributed by atoms with E-state index in [1.165, 1.54) is 0 Å². The lowest BCUT2D eigenvalue weighted by molar-refractivity contribution is -0.149. The second-order valence-corrected chi connectivity index (χ2v) is 5.67. The molecule has 0 bridgehead atoms. The molecule has 0 aromatic heterocycles. The van der Waals surface area contributed by atoms with Crippen LogP contribution in [0.4, 0.5) is 0 Å². The minimum atomic E-state index is -0.222. The van der Waals surface area contributed by atoms with Crippen LogP contribution in [-0.4, -0.2) is 69.4 Å². The van der Waals surface area contributed by atoms with Crippen molar-refractivity contribution in [3.8, 4) is 5.75 Å². The van der Waals surface area contributed by atoms with Crippen LogP contribution < -0.4 is 10.1 Å². The number of morpholine rings is 1. The van der Waals surface area contributed by atoms with Gasteiger partial charge in [-0.25, -0.2) is 0 Å². The molecule has 0 spiro atoms. The van der Waals surface area contributed by atoms with E-state index in [9.17, 15) is 9.59 Å². The first-order valence-electron chi connectivity index (χ1n) is 7.93. The summed E-state index contributed by atoms with van der Waals surface area (Å²) in [6.45, 7) is 3.74. The fourth-order valence-electron chi connectivity index (χ4n) is 2.35. The molecule has 1 fully saturated rings. The highest BCUT2D eigenvalue weighted by Crippen LogP contribution is 2.12. The Bertz CT molecular complexity index is 564. The van der Waals surface area contributed by atoms with E-state index < -0.39 is 0 Å². The molecule has 2 amide bonds. The maximum absolute atomic E-state index is 11.9. The number of hydrogen-bond acceptors (Lipinski definition) is 5. The predicted molar refractivity (Wildman–Crippen MR) is 87.9 cm³/mol. The maximum Gasteiger partial charge on any atom is 0.258 e. The lowest BCUT2D eigenvalue weighted by atomic mass is 10.2.